The highest BCUT2D eigenvalue weighted by Gasteiger charge is 2.30. The summed E-state index contributed by atoms with van der Waals surface area (Å²) in [7, 11) is 2.18. The quantitative estimate of drug-likeness (QED) is 0.898. The molecular formula is C17H29N3. The van der Waals surface area contributed by atoms with E-state index in [2.05, 4.69) is 42.9 Å². The van der Waals surface area contributed by atoms with Crippen molar-refractivity contribution in [3.63, 3.8) is 0 Å². The Morgan fingerprint density at radius 1 is 1.35 bits per heavy atom. The molecule has 3 heteroatoms. The Hall–Kier alpha value is -0.930. The summed E-state index contributed by atoms with van der Waals surface area (Å²) in [5.74, 6) is 2.26. The van der Waals surface area contributed by atoms with Gasteiger partial charge in [-0.25, -0.2) is 0 Å². The van der Waals surface area contributed by atoms with Crippen LogP contribution in [0.25, 0.3) is 0 Å². The minimum atomic E-state index is 0.371. The molecule has 1 aliphatic rings. The Balaban J connectivity index is 1.87. The Morgan fingerprint density at radius 2 is 2.15 bits per heavy atom. The third-order valence-corrected chi connectivity index (χ3v) is 4.73. The lowest BCUT2D eigenvalue weighted by atomic mass is 9.74. The molecule has 3 unspecified atom stereocenters. The zero-order chi connectivity index (χ0) is 14.5. The lowest BCUT2D eigenvalue weighted by Gasteiger charge is -2.38. The minimum Gasteiger partial charge on any atom is -0.327 e. The molecule has 1 aliphatic carbocycles. The predicted octanol–water partition coefficient (Wildman–Crippen LogP) is 2.91. The van der Waals surface area contributed by atoms with Gasteiger partial charge >= 0.3 is 0 Å². The van der Waals surface area contributed by atoms with Crippen molar-refractivity contribution in [2.75, 3.05) is 13.6 Å². The van der Waals surface area contributed by atoms with Crippen LogP contribution < -0.4 is 5.73 Å². The second-order valence-corrected chi connectivity index (χ2v) is 6.76. The first-order valence-electron chi connectivity index (χ1n) is 7.90. The van der Waals surface area contributed by atoms with Crippen LogP contribution in [-0.4, -0.2) is 29.5 Å². The standard InChI is InChI=1S/C17H29N3/c1-13(2)14-7-8-17(18)15(10-14)11-20(3)12-16-6-4-5-9-19-16/h4-6,9,13-15,17H,7-8,10-12,18H2,1-3H3. The first-order chi connectivity index (χ1) is 9.56. The Morgan fingerprint density at radius 3 is 2.80 bits per heavy atom. The SMILES string of the molecule is CC(C)C1CCC(N)C(CN(C)Cc2ccccn2)C1. The van der Waals surface area contributed by atoms with Crippen molar-refractivity contribution in [2.45, 2.75) is 45.7 Å². The number of pyridine rings is 1. The molecule has 0 radical (unpaired) electrons. The summed E-state index contributed by atoms with van der Waals surface area (Å²) in [6.07, 6.45) is 5.64. The average Bonchev–Trinajstić information content (AvgIpc) is 2.42. The molecule has 2 N–H and O–H groups in total. The van der Waals surface area contributed by atoms with Crippen molar-refractivity contribution in [2.24, 2.45) is 23.5 Å². The summed E-state index contributed by atoms with van der Waals surface area (Å²) in [4.78, 5) is 6.77. The van der Waals surface area contributed by atoms with E-state index in [9.17, 15) is 0 Å². The van der Waals surface area contributed by atoms with E-state index in [4.69, 9.17) is 5.73 Å². The maximum atomic E-state index is 6.34. The van der Waals surface area contributed by atoms with Crippen LogP contribution >= 0.6 is 0 Å². The van der Waals surface area contributed by atoms with Crippen LogP contribution in [0.2, 0.25) is 0 Å². The highest BCUT2D eigenvalue weighted by Crippen LogP contribution is 2.33. The molecule has 1 fully saturated rings. The lowest BCUT2D eigenvalue weighted by Crippen LogP contribution is -2.42. The van der Waals surface area contributed by atoms with Crippen molar-refractivity contribution >= 4 is 0 Å². The van der Waals surface area contributed by atoms with Crippen molar-refractivity contribution in [3.8, 4) is 0 Å². The summed E-state index contributed by atoms with van der Waals surface area (Å²) in [6.45, 7) is 6.68. The highest BCUT2D eigenvalue weighted by atomic mass is 15.1. The van der Waals surface area contributed by atoms with Crippen LogP contribution in [0, 0.1) is 17.8 Å². The van der Waals surface area contributed by atoms with Gasteiger partial charge in [0.15, 0.2) is 0 Å². The van der Waals surface area contributed by atoms with Crippen LogP contribution in [0.5, 0.6) is 0 Å². The zero-order valence-corrected chi connectivity index (χ0v) is 13.1. The van der Waals surface area contributed by atoms with Gasteiger partial charge in [0.25, 0.3) is 0 Å². The van der Waals surface area contributed by atoms with Gasteiger partial charge in [-0.05, 0) is 56.2 Å². The molecule has 0 bridgehead atoms. The fraction of sp³-hybridized carbons (Fsp3) is 0.706. The van der Waals surface area contributed by atoms with Gasteiger partial charge < -0.3 is 10.6 Å². The predicted molar refractivity (Wildman–Crippen MR) is 84.2 cm³/mol. The normalized spacial score (nSPS) is 27.2. The van der Waals surface area contributed by atoms with Gasteiger partial charge in [0.2, 0.25) is 0 Å². The number of hydrogen-bond donors (Lipinski definition) is 1. The van der Waals surface area contributed by atoms with Gasteiger partial charge in [-0.2, -0.15) is 0 Å². The summed E-state index contributed by atoms with van der Waals surface area (Å²) < 4.78 is 0. The smallest absolute Gasteiger partial charge is 0.0543 e. The molecule has 3 atom stereocenters. The van der Waals surface area contributed by atoms with Gasteiger partial charge in [0.05, 0.1) is 5.69 Å². The van der Waals surface area contributed by atoms with Crippen LogP contribution in [0.15, 0.2) is 24.4 Å². The van der Waals surface area contributed by atoms with E-state index in [0.717, 1.165) is 30.6 Å². The molecule has 0 aromatic carbocycles. The summed E-state index contributed by atoms with van der Waals surface area (Å²) in [5, 5.41) is 0. The minimum absolute atomic E-state index is 0.371. The molecule has 1 saturated carbocycles. The molecule has 1 aromatic rings. The van der Waals surface area contributed by atoms with Crippen LogP contribution in [0.4, 0.5) is 0 Å². The van der Waals surface area contributed by atoms with E-state index >= 15 is 0 Å². The summed E-state index contributed by atoms with van der Waals surface area (Å²) in [6, 6.07) is 6.48. The lowest BCUT2D eigenvalue weighted by molar-refractivity contribution is 0.146. The number of aromatic nitrogens is 1. The maximum Gasteiger partial charge on any atom is 0.0543 e. The zero-order valence-electron chi connectivity index (χ0n) is 13.1. The topological polar surface area (TPSA) is 42.1 Å². The van der Waals surface area contributed by atoms with E-state index in [1.54, 1.807) is 0 Å². The number of hydrogen-bond acceptors (Lipinski definition) is 3. The van der Waals surface area contributed by atoms with Gasteiger partial charge in [0, 0.05) is 25.3 Å². The fourth-order valence-corrected chi connectivity index (χ4v) is 3.37. The Labute approximate surface area is 123 Å². The molecule has 1 aromatic heterocycles. The van der Waals surface area contributed by atoms with Gasteiger partial charge in [-0.15, -0.1) is 0 Å². The highest BCUT2D eigenvalue weighted by molar-refractivity contribution is 5.03. The van der Waals surface area contributed by atoms with Gasteiger partial charge in [0.1, 0.15) is 0 Å². The van der Waals surface area contributed by atoms with Gasteiger partial charge in [-0.1, -0.05) is 19.9 Å². The molecule has 112 valence electrons. The Bertz CT molecular complexity index is 390. The second-order valence-electron chi connectivity index (χ2n) is 6.76. The van der Waals surface area contributed by atoms with E-state index in [1.807, 2.05) is 12.3 Å². The molecule has 3 nitrogen and oxygen atoms in total. The fourth-order valence-electron chi connectivity index (χ4n) is 3.37. The monoisotopic (exact) mass is 275 g/mol. The van der Waals surface area contributed by atoms with Crippen LogP contribution in [0.3, 0.4) is 0 Å². The van der Waals surface area contributed by atoms with Crippen molar-refractivity contribution in [1.82, 2.24) is 9.88 Å². The largest absolute Gasteiger partial charge is 0.327 e. The van der Waals surface area contributed by atoms with E-state index in [1.165, 1.54) is 19.3 Å². The molecule has 1 heterocycles. The third-order valence-electron chi connectivity index (χ3n) is 4.73. The van der Waals surface area contributed by atoms with Crippen molar-refractivity contribution in [3.05, 3.63) is 30.1 Å². The number of nitrogens with two attached hydrogens (primary N) is 1. The van der Waals surface area contributed by atoms with Crippen molar-refractivity contribution < 1.29 is 0 Å². The van der Waals surface area contributed by atoms with Crippen molar-refractivity contribution in [1.29, 1.82) is 0 Å². The van der Waals surface area contributed by atoms with Crippen LogP contribution in [0.1, 0.15) is 38.8 Å². The molecule has 20 heavy (non-hydrogen) atoms. The van der Waals surface area contributed by atoms with E-state index in [-0.39, 0.29) is 0 Å². The molecule has 2 rings (SSSR count). The first-order valence-corrected chi connectivity index (χ1v) is 7.90. The third kappa shape index (κ3) is 4.29. The Kier molecular flexibility index (Phi) is 5.55. The number of rotatable bonds is 5. The van der Waals surface area contributed by atoms with Crippen LogP contribution in [-0.2, 0) is 6.54 Å². The van der Waals surface area contributed by atoms with Gasteiger partial charge in [-0.3, -0.25) is 4.98 Å². The summed E-state index contributed by atoms with van der Waals surface area (Å²) >= 11 is 0. The number of nitrogens with zero attached hydrogens (tertiary/aromatic N) is 2. The molecule has 0 saturated heterocycles. The molecular weight excluding hydrogens is 246 g/mol. The van der Waals surface area contributed by atoms with E-state index in [0.29, 0.717) is 12.0 Å². The maximum absolute atomic E-state index is 6.34. The first kappa shape index (κ1) is 15.5. The average molecular weight is 275 g/mol. The molecule has 0 spiro atoms. The van der Waals surface area contributed by atoms with E-state index < -0.39 is 0 Å². The second kappa shape index (κ2) is 7.19. The molecule has 0 aliphatic heterocycles. The summed E-state index contributed by atoms with van der Waals surface area (Å²) in [5.41, 5.74) is 7.48. The molecule has 0 amide bonds.